The van der Waals surface area contributed by atoms with E-state index in [1.54, 1.807) is 6.07 Å². The van der Waals surface area contributed by atoms with Crippen LogP contribution in [0.15, 0.2) is 42.5 Å². The second-order valence-electron chi connectivity index (χ2n) is 5.71. The lowest BCUT2D eigenvalue weighted by Gasteiger charge is -2.14. The van der Waals surface area contributed by atoms with Crippen LogP contribution in [0.2, 0.25) is 5.02 Å². The van der Waals surface area contributed by atoms with E-state index in [0.717, 1.165) is 22.2 Å². The van der Waals surface area contributed by atoms with Crippen molar-refractivity contribution >= 4 is 28.5 Å². The van der Waals surface area contributed by atoms with Crippen molar-refractivity contribution in [1.82, 2.24) is 4.98 Å². The number of aromatic nitrogens is 1. The van der Waals surface area contributed by atoms with Crippen LogP contribution in [0.5, 0.6) is 0 Å². The molecule has 0 fully saturated rings. The number of fused-ring (bicyclic) bond motifs is 1. The van der Waals surface area contributed by atoms with E-state index in [1.165, 1.54) is 12.1 Å². The van der Waals surface area contributed by atoms with E-state index in [9.17, 15) is 9.18 Å². The lowest BCUT2D eigenvalue weighted by molar-refractivity contribution is 0.0470. The van der Waals surface area contributed by atoms with Crippen LogP contribution in [-0.2, 0) is 17.8 Å². The molecule has 0 aliphatic rings. The minimum Gasteiger partial charge on any atom is -0.457 e. The topological polar surface area (TPSA) is 39.2 Å². The monoisotopic (exact) mass is 357 g/mol. The van der Waals surface area contributed by atoms with Gasteiger partial charge in [0, 0.05) is 16.6 Å². The normalized spacial score (nSPS) is 10.9. The van der Waals surface area contributed by atoms with Crippen LogP contribution >= 0.6 is 11.6 Å². The maximum Gasteiger partial charge on any atom is 0.339 e. The largest absolute Gasteiger partial charge is 0.457 e. The highest BCUT2D eigenvalue weighted by Crippen LogP contribution is 2.26. The fourth-order valence-corrected chi connectivity index (χ4v) is 3.06. The molecule has 0 unspecified atom stereocenters. The molecular formula is C20H17ClFNO2. The van der Waals surface area contributed by atoms with Gasteiger partial charge in [0.2, 0.25) is 0 Å². The van der Waals surface area contributed by atoms with Crippen molar-refractivity contribution in [2.45, 2.75) is 26.9 Å². The van der Waals surface area contributed by atoms with E-state index in [1.807, 2.05) is 38.1 Å². The Kier molecular flexibility index (Phi) is 5.00. The summed E-state index contributed by atoms with van der Waals surface area (Å²) in [5.41, 5.74) is 3.00. The number of rotatable bonds is 4. The molecule has 0 spiro atoms. The molecular weight excluding hydrogens is 341 g/mol. The highest BCUT2D eigenvalue weighted by Gasteiger charge is 2.19. The zero-order valence-electron chi connectivity index (χ0n) is 14.0. The van der Waals surface area contributed by atoms with Gasteiger partial charge < -0.3 is 4.74 Å². The van der Waals surface area contributed by atoms with Gasteiger partial charge in [0.15, 0.2) is 0 Å². The lowest BCUT2D eigenvalue weighted by atomic mass is 10.0. The number of carbonyl (C=O) groups is 1. The van der Waals surface area contributed by atoms with Crippen molar-refractivity contribution in [2.24, 2.45) is 0 Å². The van der Waals surface area contributed by atoms with Crippen LogP contribution in [-0.4, -0.2) is 11.0 Å². The van der Waals surface area contributed by atoms with Crippen molar-refractivity contribution < 1.29 is 13.9 Å². The van der Waals surface area contributed by atoms with Crippen LogP contribution in [0, 0.1) is 12.7 Å². The maximum absolute atomic E-state index is 13.9. The second kappa shape index (κ2) is 7.19. The van der Waals surface area contributed by atoms with Crippen molar-refractivity contribution in [3.05, 3.63) is 75.7 Å². The molecule has 25 heavy (non-hydrogen) atoms. The number of halogens is 2. The van der Waals surface area contributed by atoms with Crippen LogP contribution in [0.4, 0.5) is 4.39 Å². The SMILES string of the molecule is CCc1nc2ccccc2c(C(=O)OCc2c(F)cccc2Cl)c1C. The molecule has 0 bridgehead atoms. The summed E-state index contributed by atoms with van der Waals surface area (Å²) < 4.78 is 19.2. The third-order valence-corrected chi connectivity index (χ3v) is 4.54. The fraction of sp³-hybridized carbons (Fsp3) is 0.200. The molecule has 0 amide bonds. The van der Waals surface area contributed by atoms with Crippen molar-refractivity contribution in [3.63, 3.8) is 0 Å². The van der Waals surface area contributed by atoms with E-state index >= 15 is 0 Å². The van der Waals surface area contributed by atoms with E-state index in [2.05, 4.69) is 4.98 Å². The molecule has 1 aromatic heterocycles. The number of hydrogen-bond acceptors (Lipinski definition) is 3. The Balaban J connectivity index is 1.98. The lowest BCUT2D eigenvalue weighted by Crippen LogP contribution is -2.11. The van der Waals surface area contributed by atoms with Gasteiger partial charge in [0.1, 0.15) is 12.4 Å². The van der Waals surface area contributed by atoms with Crippen molar-refractivity contribution in [3.8, 4) is 0 Å². The Morgan fingerprint density at radius 1 is 1.20 bits per heavy atom. The van der Waals surface area contributed by atoms with Crippen molar-refractivity contribution in [2.75, 3.05) is 0 Å². The number of benzene rings is 2. The fourth-order valence-electron chi connectivity index (χ4n) is 2.85. The molecule has 2 aromatic carbocycles. The highest BCUT2D eigenvalue weighted by atomic mass is 35.5. The molecule has 5 heteroatoms. The summed E-state index contributed by atoms with van der Waals surface area (Å²) in [6, 6.07) is 11.8. The van der Waals surface area contributed by atoms with Gasteiger partial charge in [-0.05, 0) is 37.1 Å². The second-order valence-corrected chi connectivity index (χ2v) is 6.11. The molecule has 0 aliphatic heterocycles. The summed E-state index contributed by atoms with van der Waals surface area (Å²) >= 11 is 5.99. The summed E-state index contributed by atoms with van der Waals surface area (Å²) in [5.74, 6) is -1.00. The first-order valence-corrected chi connectivity index (χ1v) is 8.39. The molecule has 1 heterocycles. The number of nitrogens with zero attached hydrogens (tertiary/aromatic N) is 1. The number of pyridine rings is 1. The van der Waals surface area contributed by atoms with Crippen LogP contribution < -0.4 is 0 Å². The molecule has 0 atom stereocenters. The summed E-state index contributed by atoms with van der Waals surface area (Å²) in [5, 5.41) is 0.959. The van der Waals surface area contributed by atoms with Gasteiger partial charge in [-0.25, -0.2) is 9.18 Å². The van der Waals surface area contributed by atoms with Crippen LogP contribution in [0.3, 0.4) is 0 Å². The van der Waals surface area contributed by atoms with E-state index in [4.69, 9.17) is 16.3 Å². The number of hydrogen-bond donors (Lipinski definition) is 0. The first-order valence-electron chi connectivity index (χ1n) is 8.01. The zero-order valence-corrected chi connectivity index (χ0v) is 14.7. The molecule has 3 aromatic rings. The minimum atomic E-state index is -0.509. The summed E-state index contributed by atoms with van der Waals surface area (Å²) in [6.45, 7) is 3.62. The van der Waals surface area contributed by atoms with E-state index < -0.39 is 11.8 Å². The van der Waals surface area contributed by atoms with E-state index in [-0.39, 0.29) is 17.2 Å². The Labute approximate surface area is 150 Å². The minimum absolute atomic E-state index is 0.171. The Morgan fingerprint density at radius 2 is 1.96 bits per heavy atom. The number of aryl methyl sites for hydroxylation is 1. The number of para-hydroxylation sites is 1. The molecule has 0 aliphatic carbocycles. The average molecular weight is 358 g/mol. The van der Waals surface area contributed by atoms with Crippen LogP contribution in [0.1, 0.15) is 34.1 Å². The Bertz CT molecular complexity index is 936. The standard InChI is InChI=1S/C20H17ClFNO2/c1-3-17-12(2)19(13-7-4-5-10-18(13)23-17)20(24)25-11-14-15(21)8-6-9-16(14)22/h4-10H,3,11H2,1-2H3. The van der Waals surface area contributed by atoms with E-state index in [0.29, 0.717) is 12.0 Å². The van der Waals surface area contributed by atoms with Gasteiger partial charge in [-0.15, -0.1) is 0 Å². The van der Waals surface area contributed by atoms with Gasteiger partial charge in [-0.2, -0.15) is 0 Å². The molecule has 0 radical (unpaired) electrons. The molecule has 0 N–H and O–H groups in total. The number of esters is 1. The molecule has 0 saturated heterocycles. The predicted molar refractivity (Wildman–Crippen MR) is 96.4 cm³/mol. The number of carbonyl (C=O) groups excluding carboxylic acids is 1. The third-order valence-electron chi connectivity index (χ3n) is 4.18. The van der Waals surface area contributed by atoms with Gasteiger partial charge in [-0.3, -0.25) is 4.98 Å². The summed E-state index contributed by atoms with van der Waals surface area (Å²) in [4.78, 5) is 17.3. The zero-order chi connectivity index (χ0) is 18.0. The molecule has 3 nitrogen and oxygen atoms in total. The third kappa shape index (κ3) is 3.35. The predicted octanol–water partition coefficient (Wildman–Crippen LogP) is 5.26. The van der Waals surface area contributed by atoms with Gasteiger partial charge >= 0.3 is 5.97 Å². The maximum atomic E-state index is 13.9. The molecule has 128 valence electrons. The van der Waals surface area contributed by atoms with Gasteiger partial charge in [0.05, 0.1) is 16.1 Å². The van der Waals surface area contributed by atoms with Crippen molar-refractivity contribution in [1.29, 1.82) is 0 Å². The summed E-state index contributed by atoms with van der Waals surface area (Å²) in [7, 11) is 0. The smallest absolute Gasteiger partial charge is 0.339 e. The Hall–Kier alpha value is -2.46. The first-order chi connectivity index (χ1) is 12.0. The highest BCUT2D eigenvalue weighted by molar-refractivity contribution is 6.31. The van der Waals surface area contributed by atoms with Gasteiger partial charge in [0.25, 0.3) is 0 Å². The molecule has 0 saturated carbocycles. The molecule has 3 rings (SSSR count). The van der Waals surface area contributed by atoms with Gasteiger partial charge in [-0.1, -0.05) is 42.8 Å². The van der Waals surface area contributed by atoms with Crippen LogP contribution in [0.25, 0.3) is 10.9 Å². The summed E-state index contributed by atoms with van der Waals surface area (Å²) in [6.07, 6.45) is 0.704. The Morgan fingerprint density at radius 3 is 2.68 bits per heavy atom. The quantitative estimate of drug-likeness (QED) is 0.598. The first kappa shape index (κ1) is 17.4. The number of ether oxygens (including phenoxy) is 1. The average Bonchev–Trinajstić information content (AvgIpc) is 2.60.